The first kappa shape index (κ1) is 25.4. The molecule has 194 valence electrons. The van der Waals surface area contributed by atoms with Crippen molar-refractivity contribution in [1.82, 2.24) is 24.7 Å². The number of rotatable bonds is 7. The van der Waals surface area contributed by atoms with Crippen LogP contribution in [-0.4, -0.2) is 74.9 Å². The predicted molar refractivity (Wildman–Crippen MR) is 146 cm³/mol. The lowest BCUT2D eigenvalue weighted by molar-refractivity contribution is 0.0350. The number of hydrogen-bond acceptors (Lipinski definition) is 5. The Morgan fingerprint density at radius 3 is 2.62 bits per heavy atom. The fourth-order valence-electron chi connectivity index (χ4n) is 5.50. The van der Waals surface area contributed by atoms with Crippen molar-refractivity contribution in [2.24, 2.45) is 0 Å². The van der Waals surface area contributed by atoms with Crippen molar-refractivity contribution in [3.8, 4) is 5.69 Å². The van der Waals surface area contributed by atoms with E-state index in [1.165, 1.54) is 0 Å². The molecule has 5 rings (SSSR count). The molecule has 1 aromatic carbocycles. The number of carboxylic acids is 1. The van der Waals surface area contributed by atoms with Crippen LogP contribution in [0.4, 0.5) is 0 Å². The third kappa shape index (κ3) is 4.99. The quantitative estimate of drug-likeness (QED) is 0.456. The van der Waals surface area contributed by atoms with E-state index in [0.29, 0.717) is 0 Å². The summed E-state index contributed by atoms with van der Waals surface area (Å²) >= 11 is 5.88. The topological polar surface area (TPSA) is 82.9 Å². The Balaban J connectivity index is 1.56. The normalized spacial score (nSPS) is 20.3. The molecule has 0 aliphatic carbocycles. The maximum atomic E-state index is 11.7. The summed E-state index contributed by atoms with van der Waals surface area (Å²) in [5.74, 6) is -0.932. The van der Waals surface area contributed by atoms with Crippen molar-refractivity contribution < 1.29 is 14.6 Å². The highest BCUT2D eigenvalue weighted by Gasteiger charge is 2.41. The van der Waals surface area contributed by atoms with Crippen LogP contribution in [-0.2, 0) is 4.74 Å². The predicted octanol–water partition coefficient (Wildman–Crippen LogP) is 3.80. The Labute approximate surface area is 222 Å². The third-order valence-corrected chi connectivity index (χ3v) is 7.80. The lowest BCUT2D eigenvalue weighted by Crippen LogP contribution is -2.42. The van der Waals surface area contributed by atoms with E-state index in [4.69, 9.17) is 17.0 Å². The van der Waals surface area contributed by atoms with Gasteiger partial charge < -0.3 is 24.6 Å². The number of morpholine rings is 1. The van der Waals surface area contributed by atoms with Crippen molar-refractivity contribution in [2.75, 3.05) is 39.4 Å². The number of nitrogens with one attached hydrogen (secondary N) is 1. The highest BCUT2D eigenvalue weighted by Crippen LogP contribution is 2.41. The van der Waals surface area contributed by atoms with Gasteiger partial charge in [-0.2, -0.15) is 0 Å². The molecule has 4 heterocycles. The second-order valence-corrected chi connectivity index (χ2v) is 10.1. The maximum Gasteiger partial charge on any atom is 0.335 e. The Kier molecular flexibility index (Phi) is 7.28. The van der Waals surface area contributed by atoms with Crippen LogP contribution in [0.1, 0.15) is 50.7 Å². The van der Waals surface area contributed by atoms with E-state index >= 15 is 0 Å². The molecule has 0 spiro atoms. The molecule has 2 aromatic heterocycles. The Bertz CT molecular complexity index is 1300. The second-order valence-electron chi connectivity index (χ2n) is 9.74. The first-order chi connectivity index (χ1) is 17.8. The number of carboxylic acid groups (broad SMARTS) is 1. The standard InChI is InChI=1S/C28H33N5O3S/c1-18-7-8-21(27(34)35)17-24(18)33-19(2)16-22(20(33)3)26-25(23-6-4-5-9-29-23)30-28(37)32(26)11-10-31-12-14-36-15-13-31/h4-9,16-17,25-26H,10-15H2,1-3H3,(H,30,37)(H,34,35)/t25-,26-/m1/s1. The van der Waals surface area contributed by atoms with E-state index in [-0.39, 0.29) is 17.6 Å². The SMILES string of the molecule is Cc1ccc(C(=O)O)cc1-n1c(C)cc([C@@H]2[C@@H](c3ccccn3)NC(=S)N2CCN2CCOCC2)c1C. The summed E-state index contributed by atoms with van der Waals surface area (Å²) in [5, 5.41) is 13.9. The van der Waals surface area contributed by atoms with Crippen LogP contribution < -0.4 is 5.32 Å². The van der Waals surface area contributed by atoms with Crippen LogP contribution in [0, 0.1) is 20.8 Å². The van der Waals surface area contributed by atoms with Gasteiger partial charge in [-0.05, 0) is 74.4 Å². The molecule has 9 heteroatoms. The van der Waals surface area contributed by atoms with E-state index in [1.807, 2.05) is 37.4 Å². The van der Waals surface area contributed by atoms with Crippen LogP contribution >= 0.6 is 12.2 Å². The van der Waals surface area contributed by atoms with Gasteiger partial charge in [0.2, 0.25) is 0 Å². The molecule has 8 nitrogen and oxygen atoms in total. The zero-order chi connectivity index (χ0) is 26.1. The van der Waals surface area contributed by atoms with Gasteiger partial charge in [-0.15, -0.1) is 0 Å². The fraction of sp³-hybridized carbons (Fsp3) is 0.393. The van der Waals surface area contributed by atoms with Crippen molar-refractivity contribution in [2.45, 2.75) is 32.9 Å². The lowest BCUT2D eigenvalue weighted by Gasteiger charge is -2.32. The van der Waals surface area contributed by atoms with Crippen LogP contribution in [0.5, 0.6) is 0 Å². The second kappa shape index (κ2) is 10.6. The maximum absolute atomic E-state index is 11.7. The molecule has 2 aliphatic rings. The summed E-state index contributed by atoms with van der Waals surface area (Å²) in [4.78, 5) is 21.1. The molecule has 0 amide bonds. The number of thiocarbonyl (C=S) groups is 1. The lowest BCUT2D eigenvalue weighted by atomic mass is 9.96. The molecule has 2 fully saturated rings. The molecule has 0 bridgehead atoms. The van der Waals surface area contributed by atoms with Gasteiger partial charge in [0.1, 0.15) is 0 Å². The number of benzene rings is 1. The van der Waals surface area contributed by atoms with E-state index in [2.05, 4.69) is 44.6 Å². The van der Waals surface area contributed by atoms with Gasteiger partial charge >= 0.3 is 5.97 Å². The Morgan fingerprint density at radius 2 is 1.92 bits per heavy atom. The molecule has 2 saturated heterocycles. The number of aromatic nitrogens is 2. The number of pyridine rings is 1. The van der Waals surface area contributed by atoms with Crippen LogP contribution in [0.15, 0.2) is 48.7 Å². The zero-order valence-corrected chi connectivity index (χ0v) is 22.3. The highest BCUT2D eigenvalue weighted by molar-refractivity contribution is 7.80. The summed E-state index contributed by atoms with van der Waals surface area (Å²) in [7, 11) is 0. The molecular weight excluding hydrogens is 486 g/mol. The molecule has 0 unspecified atom stereocenters. The molecule has 0 saturated carbocycles. The zero-order valence-electron chi connectivity index (χ0n) is 21.5. The van der Waals surface area contributed by atoms with Crippen molar-refractivity contribution in [1.29, 1.82) is 0 Å². The van der Waals surface area contributed by atoms with Crippen LogP contribution in [0.2, 0.25) is 0 Å². The average molecular weight is 520 g/mol. The summed E-state index contributed by atoms with van der Waals surface area (Å²) in [6, 6.07) is 13.3. The smallest absolute Gasteiger partial charge is 0.335 e. The fourth-order valence-corrected chi connectivity index (χ4v) is 5.83. The Hall–Kier alpha value is -3.27. The first-order valence-electron chi connectivity index (χ1n) is 12.7. The van der Waals surface area contributed by atoms with Gasteiger partial charge in [0, 0.05) is 49.5 Å². The minimum Gasteiger partial charge on any atom is -0.478 e. The number of nitrogens with zero attached hydrogens (tertiary/aromatic N) is 4. The molecule has 3 aromatic rings. The van der Waals surface area contributed by atoms with Gasteiger partial charge in [-0.3, -0.25) is 9.88 Å². The minimum atomic E-state index is -0.932. The first-order valence-corrected chi connectivity index (χ1v) is 13.1. The van der Waals surface area contributed by atoms with E-state index in [1.54, 1.807) is 12.1 Å². The van der Waals surface area contributed by atoms with Crippen molar-refractivity contribution in [3.05, 3.63) is 82.4 Å². The summed E-state index contributed by atoms with van der Waals surface area (Å²) in [6.07, 6.45) is 1.82. The number of hydrogen-bond donors (Lipinski definition) is 2. The van der Waals surface area contributed by atoms with Crippen LogP contribution in [0.3, 0.4) is 0 Å². The number of aryl methyl sites for hydroxylation is 2. The monoisotopic (exact) mass is 519 g/mol. The van der Waals surface area contributed by atoms with Crippen molar-refractivity contribution in [3.63, 3.8) is 0 Å². The van der Waals surface area contributed by atoms with E-state index in [0.717, 1.165) is 78.4 Å². The van der Waals surface area contributed by atoms with E-state index < -0.39 is 5.97 Å². The third-order valence-electron chi connectivity index (χ3n) is 7.44. The largest absolute Gasteiger partial charge is 0.478 e. The van der Waals surface area contributed by atoms with Gasteiger partial charge in [0.05, 0.1) is 36.6 Å². The summed E-state index contributed by atoms with van der Waals surface area (Å²) in [5.41, 5.74) is 6.38. The highest BCUT2D eigenvalue weighted by atomic mass is 32.1. The number of ether oxygens (including phenoxy) is 1. The molecule has 0 radical (unpaired) electrons. The number of carbonyl (C=O) groups is 1. The van der Waals surface area contributed by atoms with Gasteiger partial charge in [-0.1, -0.05) is 12.1 Å². The molecule has 2 atom stereocenters. The molecule has 2 aliphatic heterocycles. The van der Waals surface area contributed by atoms with Gasteiger partial charge in [0.25, 0.3) is 0 Å². The minimum absolute atomic E-state index is 0.0497. The van der Waals surface area contributed by atoms with Gasteiger partial charge in [0.15, 0.2) is 5.11 Å². The van der Waals surface area contributed by atoms with Crippen molar-refractivity contribution >= 4 is 23.3 Å². The summed E-state index contributed by atoms with van der Waals surface area (Å²) < 4.78 is 7.68. The van der Waals surface area contributed by atoms with Crippen LogP contribution in [0.25, 0.3) is 5.69 Å². The molecule has 2 N–H and O–H groups in total. The molecule has 37 heavy (non-hydrogen) atoms. The average Bonchev–Trinajstić information content (AvgIpc) is 3.38. The Morgan fingerprint density at radius 1 is 1.14 bits per heavy atom. The number of aromatic carboxylic acids is 1. The summed E-state index contributed by atoms with van der Waals surface area (Å²) in [6.45, 7) is 11.2. The van der Waals surface area contributed by atoms with Gasteiger partial charge in [-0.25, -0.2) is 4.79 Å². The molecular formula is C28H33N5O3S. The van der Waals surface area contributed by atoms with E-state index in [9.17, 15) is 9.90 Å².